The second-order valence-corrected chi connectivity index (χ2v) is 6.06. The van der Waals surface area contributed by atoms with Crippen LogP contribution in [0.5, 0.6) is 5.75 Å². The summed E-state index contributed by atoms with van der Waals surface area (Å²) >= 11 is 0. The Morgan fingerprint density at radius 2 is 1.90 bits per heavy atom. The van der Waals surface area contributed by atoms with Gasteiger partial charge in [0.1, 0.15) is 5.75 Å². The molecule has 0 saturated heterocycles. The first-order valence-electron chi connectivity index (χ1n) is 7.33. The Morgan fingerprint density at radius 1 is 1.19 bits per heavy atom. The molecule has 0 aromatic heterocycles. The zero-order chi connectivity index (χ0) is 15.6. The van der Waals surface area contributed by atoms with Crippen molar-refractivity contribution in [1.29, 1.82) is 0 Å². The lowest BCUT2D eigenvalue weighted by atomic mass is 9.79. The fourth-order valence-electron chi connectivity index (χ4n) is 3.09. The predicted molar refractivity (Wildman–Crippen MR) is 77.6 cm³/mol. The first-order chi connectivity index (χ1) is 9.81. The molecule has 0 heterocycles. The van der Waals surface area contributed by atoms with Crippen molar-refractivity contribution in [2.24, 2.45) is 11.8 Å². The number of rotatable bonds is 3. The van der Waals surface area contributed by atoms with E-state index in [0.29, 0.717) is 11.8 Å². The second-order valence-electron chi connectivity index (χ2n) is 6.06. The Bertz CT molecular complexity index is 487. The summed E-state index contributed by atoms with van der Waals surface area (Å²) in [5, 5.41) is 3.10. The van der Waals surface area contributed by atoms with E-state index in [2.05, 4.69) is 19.2 Å². The lowest BCUT2D eigenvalue weighted by molar-refractivity contribution is -0.137. The largest absolute Gasteiger partial charge is 0.497 e. The van der Waals surface area contributed by atoms with Crippen LogP contribution >= 0.6 is 0 Å². The summed E-state index contributed by atoms with van der Waals surface area (Å²) in [5.74, 6) is 1.24. The Balaban J connectivity index is 2.23. The number of ether oxygens (including phenoxy) is 1. The van der Waals surface area contributed by atoms with Gasteiger partial charge in [-0.15, -0.1) is 0 Å². The third-order valence-electron chi connectivity index (χ3n) is 4.30. The second kappa shape index (κ2) is 6.16. The van der Waals surface area contributed by atoms with Crippen LogP contribution in [0.3, 0.4) is 0 Å². The topological polar surface area (TPSA) is 21.3 Å². The van der Waals surface area contributed by atoms with Gasteiger partial charge in [-0.05, 0) is 49.3 Å². The lowest BCUT2D eigenvalue weighted by Gasteiger charge is -2.34. The minimum Gasteiger partial charge on any atom is -0.497 e. The molecule has 1 fully saturated rings. The average Bonchev–Trinajstić information content (AvgIpc) is 2.41. The molecule has 1 aromatic carbocycles. The molecule has 2 nitrogen and oxygen atoms in total. The monoisotopic (exact) mass is 301 g/mol. The highest BCUT2D eigenvalue weighted by molar-refractivity contribution is 5.56. The SMILES string of the molecule is COc1ccc(NC2CCC(C)CC2C)c(C(F)(F)F)c1. The molecule has 1 aliphatic rings. The van der Waals surface area contributed by atoms with E-state index in [4.69, 9.17) is 4.74 Å². The molecular formula is C16H22F3NO. The van der Waals surface area contributed by atoms with Crippen molar-refractivity contribution in [2.75, 3.05) is 12.4 Å². The van der Waals surface area contributed by atoms with Crippen LogP contribution in [0.2, 0.25) is 0 Å². The number of benzene rings is 1. The Labute approximate surface area is 123 Å². The van der Waals surface area contributed by atoms with Crippen molar-refractivity contribution in [1.82, 2.24) is 0 Å². The van der Waals surface area contributed by atoms with E-state index in [9.17, 15) is 13.2 Å². The lowest BCUT2D eigenvalue weighted by Crippen LogP contribution is -2.33. The molecule has 0 bridgehead atoms. The summed E-state index contributed by atoms with van der Waals surface area (Å²) < 4.78 is 44.5. The highest BCUT2D eigenvalue weighted by atomic mass is 19.4. The fraction of sp³-hybridized carbons (Fsp3) is 0.625. The zero-order valence-corrected chi connectivity index (χ0v) is 12.6. The van der Waals surface area contributed by atoms with E-state index < -0.39 is 11.7 Å². The van der Waals surface area contributed by atoms with Crippen LogP contribution in [-0.4, -0.2) is 13.2 Å². The third-order valence-corrected chi connectivity index (χ3v) is 4.30. The van der Waals surface area contributed by atoms with Crippen LogP contribution in [-0.2, 0) is 6.18 Å². The van der Waals surface area contributed by atoms with E-state index in [-0.39, 0.29) is 17.5 Å². The molecule has 0 amide bonds. The maximum absolute atomic E-state index is 13.2. The highest BCUT2D eigenvalue weighted by Crippen LogP contribution is 2.39. The van der Waals surface area contributed by atoms with Gasteiger partial charge >= 0.3 is 6.18 Å². The van der Waals surface area contributed by atoms with E-state index in [1.807, 2.05) is 0 Å². The summed E-state index contributed by atoms with van der Waals surface area (Å²) in [6.07, 6.45) is -1.37. The van der Waals surface area contributed by atoms with Crippen molar-refractivity contribution in [3.8, 4) is 5.75 Å². The molecule has 2 rings (SSSR count). The maximum Gasteiger partial charge on any atom is 0.418 e. The van der Waals surface area contributed by atoms with Gasteiger partial charge < -0.3 is 10.1 Å². The summed E-state index contributed by atoms with van der Waals surface area (Å²) in [4.78, 5) is 0. The van der Waals surface area contributed by atoms with Gasteiger partial charge in [0.25, 0.3) is 0 Å². The smallest absolute Gasteiger partial charge is 0.418 e. The predicted octanol–water partition coefficient (Wildman–Crippen LogP) is 4.95. The van der Waals surface area contributed by atoms with Crippen molar-refractivity contribution >= 4 is 5.69 Å². The van der Waals surface area contributed by atoms with Crippen LogP contribution < -0.4 is 10.1 Å². The Kier molecular flexibility index (Phi) is 4.69. The minimum atomic E-state index is -4.39. The number of anilines is 1. The van der Waals surface area contributed by atoms with Gasteiger partial charge in [-0.25, -0.2) is 0 Å². The van der Waals surface area contributed by atoms with Gasteiger partial charge in [-0.1, -0.05) is 13.8 Å². The van der Waals surface area contributed by atoms with E-state index in [1.54, 1.807) is 6.07 Å². The van der Waals surface area contributed by atoms with Gasteiger partial charge in [-0.2, -0.15) is 13.2 Å². The third kappa shape index (κ3) is 3.83. The number of halogens is 3. The molecule has 0 radical (unpaired) electrons. The van der Waals surface area contributed by atoms with Crippen LogP contribution in [0.4, 0.5) is 18.9 Å². The van der Waals surface area contributed by atoms with Crippen LogP contribution in [0.25, 0.3) is 0 Å². The first kappa shape index (κ1) is 16.0. The van der Waals surface area contributed by atoms with Crippen molar-refractivity contribution in [2.45, 2.75) is 45.3 Å². The molecule has 21 heavy (non-hydrogen) atoms. The first-order valence-corrected chi connectivity index (χ1v) is 7.33. The summed E-state index contributed by atoms with van der Waals surface area (Å²) in [7, 11) is 1.37. The summed E-state index contributed by atoms with van der Waals surface area (Å²) in [6, 6.07) is 4.18. The van der Waals surface area contributed by atoms with Crippen LogP contribution in [0.15, 0.2) is 18.2 Å². The molecule has 3 atom stereocenters. The summed E-state index contributed by atoms with van der Waals surface area (Å²) in [6.45, 7) is 4.30. The number of hydrogen-bond donors (Lipinski definition) is 1. The average molecular weight is 301 g/mol. The van der Waals surface area contributed by atoms with Gasteiger partial charge in [0.2, 0.25) is 0 Å². The number of alkyl halides is 3. The van der Waals surface area contributed by atoms with Crippen molar-refractivity contribution in [3.63, 3.8) is 0 Å². The molecule has 118 valence electrons. The Hall–Kier alpha value is -1.39. The molecule has 3 unspecified atom stereocenters. The van der Waals surface area contributed by atoms with E-state index in [1.165, 1.54) is 13.2 Å². The van der Waals surface area contributed by atoms with Gasteiger partial charge in [0.15, 0.2) is 0 Å². The summed E-state index contributed by atoms with van der Waals surface area (Å²) in [5.41, 5.74) is -0.512. The molecule has 5 heteroatoms. The maximum atomic E-state index is 13.2. The van der Waals surface area contributed by atoms with E-state index in [0.717, 1.165) is 25.3 Å². The Morgan fingerprint density at radius 3 is 2.48 bits per heavy atom. The molecule has 1 saturated carbocycles. The normalized spacial score (nSPS) is 26.5. The minimum absolute atomic E-state index is 0.0932. The van der Waals surface area contributed by atoms with Gasteiger partial charge in [0.05, 0.1) is 12.7 Å². The van der Waals surface area contributed by atoms with Gasteiger partial charge in [0, 0.05) is 11.7 Å². The van der Waals surface area contributed by atoms with Crippen LogP contribution in [0.1, 0.15) is 38.7 Å². The molecule has 0 aliphatic heterocycles. The zero-order valence-electron chi connectivity index (χ0n) is 12.6. The number of methoxy groups -OCH3 is 1. The molecule has 1 N–H and O–H groups in total. The quantitative estimate of drug-likeness (QED) is 0.853. The van der Waals surface area contributed by atoms with Gasteiger partial charge in [-0.3, -0.25) is 0 Å². The molecule has 1 aromatic rings. The number of hydrogen-bond acceptors (Lipinski definition) is 2. The van der Waals surface area contributed by atoms with Crippen molar-refractivity contribution < 1.29 is 17.9 Å². The highest BCUT2D eigenvalue weighted by Gasteiger charge is 2.35. The standard InChI is InChI=1S/C16H22F3NO/c1-10-4-6-14(11(2)8-10)20-15-7-5-12(21-3)9-13(15)16(17,18)19/h5,7,9-11,14,20H,4,6,8H2,1-3H3. The molecular weight excluding hydrogens is 279 g/mol. The number of nitrogens with one attached hydrogen (secondary N) is 1. The van der Waals surface area contributed by atoms with Crippen molar-refractivity contribution in [3.05, 3.63) is 23.8 Å². The fourth-order valence-corrected chi connectivity index (χ4v) is 3.09. The molecule has 1 aliphatic carbocycles. The van der Waals surface area contributed by atoms with E-state index >= 15 is 0 Å². The molecule has 0 spiro atoms. The van der Waals surface area contributed by atoms with Crippen LogP contribution in [0, 0.1) is 11.8 Å².